The molecule has 19 heavy (non-hydrogen) atoms. The summed E-state index contributed by atoms with van der Waals surface area (Å²) in [6.07, 6.45) is -2.80. The highest BCUT2D eigenvalue weighted by Crippen LogP contribution is 2.34. The summed E-state index contributed by atoms with van der Waals surface area (Å²) >= 11 is 0. The van der Waals surface area contributed by atoms with Crippen LogP contribution in [0.15, 0.2) is 35.0 Å². The number of aromatic amines is 1. The molecule has 1 aromatic carbocycles. The number of nitrogens with two attached hydrogens (primary N) is 1. The van der Waals surface area contributed by atoms with Gasteiger partial charge in [0.25, 0.3) is 0 Å². The number of hydrogen-bond acceptors (Lipinski definition) is 3. The molecule has 3 N–H and O–H groups in total. The Hall–Kier alpha value is -2.44. The van der Waals surface area contributed by atoms with Crippen molar-refractivity contribution in [1.82, 2.24) is 10.1 Å². The van der Waals surface area contributed by atoms with Crippen LogP contribution in [0.2, 0.25) is 0 Å². The Balaban J connectivity index is 2.15. The summed E-state index contributed by atoms with van der Waals surface area (Å²) in [4.78, 5) is 2.78. The maximum atomic E-state index is 12.6. The van der Waals surface area contributed by atoms with Gasteiger partial charge >= 0.3 is 6.18 Å². The minimum absolute atomic E-state index is 0.219. The van der Waals surface area contributed by atoms with Crippen LogP contribution in [-0.4, -0.2) is 10.1 Å². The second-order valence-corrected chi connectivity index (χ2v) is 4.08. The minimum Gasteiger partial charge on any atom is -0.381 e. The molecule has 98 valence electrons. The second kappa shape index (κ2) is 3.78. The molecule has 0 aliphatic carbocycles. The van der Waals surface area contributed by atoms with Crippen LogP contribution in [0.3, 0.4) is 0 Å². The molecular weight excluding hydrogens is 259 g/mol. The third kappa shape index (κ3) is 1.92. The lowest BCUT2D eigenvalue weighted by Gasteiger charge is -2.06. The maximum absolute atomic E-state index is 12.6. The summed E-state index contributed by atoms with van der Waals surface area (Å²) in [5.74, 6) is 0.625. The van der Waals surface area contributed by atoms with Gasteiger partial charge in [0.1, 0.15) is 0 Å². The fourth-order valence-corrected chi connectivity index (χ4v) is 1.92. The van der Waals surface area contributed by atoms with E-state index in [0.29, 0.717) is 22.2 Å². The van der Waals surface area contributed by atoms with Crippen molar-refractivity contribution in [2.75, 3.05) is 5.73 Å². The van der Waals surface area contributed by atoms with Crippen molar-refractivity contribution in [2.24, 2.45) is 0 Å². The average Bonchev–Trinajstić information content (AvgIpc) is 2.92. The van der Waals surface area contributed by atoms with Crippen molar-refractivity contribution in [1.29, 1.82) is 0 Å². The molecule has 0 bridgehead atoms. The molecule has 0 aliphatic rings. The predicted octanol–water partition coefficient (Wildman–Crippen LogP) is 3.42. The lowest BCUT2D eigenvalue weighted by molar-refractivity contribution is -0.137. The Bertz CT molecular complexity index is 742. The molecule has 0 fully saturated rings. The number of H-pyrrole nitrogens is 1. The molecule has 0 unspecified atom stereocenters. The standard InChI is InChI=1S/C12H8F3N3O/c13-12(14,15)6-1-2-7-8(5-17-9(7)3-6)10-4-11(16)18-19-10/h1-5,17H,(H2,16,18). The number of nitrogen functional groups attached to an aromatic ring is 1. The van der Waals surface area contributed by atoms with Crippen LogP contribution < -0.4 is 5.73 Å². The van der Waals surface area contributed by atoms with Crippen molar-refractivity contribution in [3.63, 3.8) is 0 Å². The van der Waals surface area contributed by atoms with Gasteiger partial charge in [-0.25, -0.2) is 0 Å². The number of rotatable bonds is 1. The quantitative estimate of drug-likeness (QED) is 0.709. The zero-order chi connectivity index (χ0) is 13.6. The molecule has 0 saturated heterocycles. The molecule has 0 aliphatic heterocycles. The molecule has 7 heteroatoms. The van der Waals surface area contributed by atoms with Crippen molar-refractivity contribution >= 4 is 16.7 Å². The molecule has 2 aromatic heterocycles. The molecule has 0 amide bonds. The predicted molar refractivity (Wildman–Crippen MR) is 63.2 cm³/mol. The first-order chi connectivity index (χ1) is 8.95. The zero-order valence-corrected chi connectivity index (χ0v) is 9.45. The summed E-state index contributed by atoms with van der Waals surface area (Å²) in [5, 5.41) is 4.16. The van der Waals surface area contributed by atoms with Gasteiger partial charge in [-0.2, -0.15) is 13.2 Å². The molecule has 0 radical (unpaired) electrons. The van der Waals surface area contributed by atoms with Crippen LogP contribution in [0.25, 0.3) is 22.2 Å². The monoisotopic (exact) mass is 267 g/mol. The summed E-state index contributed by atoms with van der Waals surface area (Å²) in [5.41, 5.74) is 5.74. The Labute approximate surface area is 105 Å². The largest absolute Gasteiger partial charge is 0.416 e. The van der Waals surface area contributed by atoms with Crippen LogP contribution in [0, 0.1) is 0 Å². The van der Waals surface area contributed by atoms with Gasteiger partial charge in [-0.1, -0.05) is 11.2 Å². The fraction of sp³-hybridized carbons (Fsp3) is 0.0833. The van der Waals surface area contributed by atoms with E-state index >= 15 is 0 Å². The van der Waals surface area contributed by atoms with Crippen LogP contribution in [0.1, 0.15) is 5.56 Å². The van der Waals surface area contributed by atoms with Crippen LogP contribution in [0.4, 0.5) is 19.0 Å². The molecule has 4 nitrogen and oxygen atoms in total. The van der Waals surface area contributed by atoms with Crippen molar-refractivity contribution in [3.8, 4) is 11.3 Å². The number of halogens is 3. The summed E-state index contributed by atoms with van der Waals surface area (Å²) in [6, 6.07) is 4.99. The van der Waals surface area contributed by atoms with E-state index in [1.165, 1.54) is 12.1 Å². The summed E-state index contributed by atoms with van der Waals surface area (Å²) in [7, 11) is 0. The van der Waals surface area contributed by atoms with E-state index < -0.39 is 11.7 Å². The SMILES string of the molecule is Nc1cc(-c2c[nH]c3cc(C(F)(F)F)ccc23)on1. The Morgan fingerprint density at radius 2 is 2.00 bits per heavy atom. The van der Waals surface area contributed by atoms with E-state index in [1.54, 1.807) is 6.20 Å². The van der Waals surface area contributed by atoms with E-state index in [1.807, 2.05) is 0 Å². The smallest absolute Gasteiger partial charge is 0.381 e. The van der Waals surface area contributed by atoms with E-state index in [9.17, 15) is 13.2 Å². The van der Waals surface area contributed by atoms with Crippen LogP contribution in [0.5, 0.6) is 0 Å². The van der Waals surface area contributed by atoms with Crippen molar-refractivity contribution in [3.05, 3.63) is 36.0 Å². The lowest BCUT2D eigenvalue weighted by Crippen LogP contribution is -2.04. The van der Waals surface area contributed by atoms with Gasteiger partial charge in [-0.05, 0) is 12.1 Å². The Morgan fingerprint density at radius 3 is 2.63 bits per heavy atom. The number of anilines is 1. The van der Waals surface area contributed by atoms with Crippen molar-refractivity contribution in [2.45, 2.75) is 6.18 Å². The topological polar surface area (TPSA) is 67.8 Å². The van der Waals surface area contributed by atoms with Gasteiger partial charge < -0.3 is 15.2 Å². The highest BCUT2D eigenvalue weighted by molar-refractivity contribution is 5.94. The van der Waals surface area contributed by atoms with E-state index in [2.05, 4.69) is 10.1 Å². The Kier molecular flexibility index (Phi) is 2.31. The van der Waals surface area contributed by atoms with Crippen molar-refractivity contribution < 1.29 is 17.7 Å². The van der Waals surface area contributed by atoms with E-state index in [0.717, 1.165) is 12.1 Å². The molecule has 3 aromatic rings. The molecule has 0 atom stereocenters. The number of fused-ring (bicyclic) bond motifs is 1. The normalized spacial score (nSPS) is 12.2. The third-order valence-corrected chi connectivity index (χ3v) is 2.80. The molecule has 3 rings (SSSR count). The first kappa shape index (κ1) is 11.6. The number of alkyl halides is 3. The Morgan fingerprint density at radius 1 is 1.21 bits per heavy atom. The number of aromatic nitrogens is 2. The maximum Gasteiger partial charge on any atom is 0.416 e. The minimum atomic E-state index is -4.36. The summed E-state index contributed by atoms with van der Waals surface area (Å²) in [6.45, 7) is 0. The molecule has 2 heterocycles. The van der Waals surface area contributed by atoms with Gasteiger partial charge in [0, 0.05) is 28.7 Å². The number of hydrogen-bond donors (Lipinski definition) is 2. The van der Waals surface area contributed by atoms with Crippen LogP contribution >= 0.6 is 0 Å². The van der Waals surface area contributed by atoms with E-state index in [4.69, 9.17) is 10.3 Å². The first-order valence-electron chi connectivity index (χ1n) is 5.36. The molecule has 0 spiro atoms. The summed E-state index contributed by atoms with van der Waals surface area (Å²) < 4.78 is 42.8. The van der Waals surface area contributed by atoms with Gasteiger partial charge in [0.2, 0.25) is 0 Å². The average molecular weight is 267 g/mol. The highest BCUT2D eigenvalue weighted by atomic mass is 19.4. The number of nitrogens with zero attached hydrogens (tertiary/aromatic N) is 1. The lowest BCUT2D eigenvalue weighted by atomic mass is 10.1. The number of nitrogens with one attached hydrogen (secondary N) is 1. The first-order valence-corrected chi connectivity index (χ1v) is 5.36. The fourth-order valence-electron chi connectivity index (χ4n) is 1.92. The highest BCUT2D eigenvalue weighted by Gasteiger charge is 2.30. The number of benzene rings is 1. The second-order valence-electron chi connectivity index (χ2n) is 4.08. The third-order valence-electron chi connectivity index (χ3n) is 2.80. The molecular formula is C12H8F3N3O. The zero-order valence-electron chi connectivity index (χ0n) is 9.45. The van der Waals surface area contributed by atoms with Gasteiger partial charge in [0.15, 0.2) is 11.6 Å². The van der Waals surface area contributed by atoms with Gasteiger partial charge in [-0.3, -0.25) is 0 Å². The van der Waals surface area contributed by atoms with Crippen LogP contribution in [-0.2, 0) is 6.18 Å². The van der Waals surface area contributed by atoms with E-state index in [-0.39, 0.29) is 5.82 Å². The van der Waals surface area contributed by atoms with Gasteiger partial charge in [-0.15, -0.1) is 0 Å². The van der Waals surface area contributed by atoms with Gasteiger partial charge in [0.05, 0.1) is 5.56 Å². The molecule has 0 saturated carbocycles.